The van der Waals surface area contributed by atoms with Gasteiger partial charge >= 0.3 is 0 Å². The largest absolute Gasteiger partial charge is 0.438 e. The van der Waals surface area contributed by atoms with Gasteiger partial charge in [-0.15, -0.1) is 0 Å². The Bertz CT molecular complexity index is 562. The Morgan fingerprint density at radius 1 is 1.35 bits per heavy atom. The van der Waals surface area contributed by atoms with Crippen LogP contribution in [0.1, 0.15) is 5.56 Å². The van der Waals surface area contributed by atoms with Crippen molar-refractivity contribution >= 4 is 27.5 Å². The van der Waals surface area contributed by atoms with Crippen molar-refractivity contribution in [3.8, 4) is 11.6 Å². The Balaban J connectivity index is 2.31. The Hall–Kier alpha value is -1.13. The second-order valence-electron chi connectivity index (χ2n) is 3.42. The van der Waals surface area contributed by atoms with Gasteiger partial charge in [0.05, 0.1) is 9.50 Å². The van der Waals surface area contributed by atoms with E-state index in [2.05, 4.69) is 20.9 Å². The molecule has 2 rings (SSSR count). The van der Waals surface area contributed by atoms with E-state index in [4.69, 9.17) is 16.3 Å². The quantitative estimate of drug-likeness (QED) is 0.798. The van der Waals surface area contributed by atoms with E-state index in [-0.39, 0.29) is 5.02 Å². The first-order valence-corrected chi connectivity index (χ1v) is 5.99. The molecule has 0 amide bonds. The average Bonchev–Trinajstić information content (AvgIpc) is 2.30. The van der Waals surface area contributed by atoms with Crippen LogP contribution in [0.15, 0.2) is 34.9 Å². The van der Waals surface area contributed by atoms with E-state index >= 15 is 0 Å². The van der Waals surface area contributed by atoms with Gasteiger partial charge in [0.25, 0.3) is 0 Å². The number of ether oxygens (including phenoxy) is 1. The molecule has 5 heteroatoms. The fraction of sp³-hybridized carbons (Fsp3) is 0.0833. The van der Waals surface area contributed by atoms with Crippen LogP contribution in [0.4, 0.5) is 4.39 Å². The fourth-order valence-corrected chi connectivity index (χ4v) is 1.67. The maximum Gasteiger partial charge on any atom is 0.233 e. The molecule has 0 bridgehead atoms. The van der Waals surface area contributed by atoms with Crippen LogP contribution in [0.25, 0.3) is 0 Å². The highest BCUT2D eigenvalue weighted by Crippen LogP contribution is 2.30. The molecule has 0 unspecified atom stereocenters. The maximum absolute atomic E-state index is 13.2. The van der Waals surface area contributed by atoms with Crippen LogP contribution in [-0.2, 0) is 0 Å². The summed E-state index contributed by atoms with van der Waals surface area (Å²) >= 11 is 8.95. The molecule has 1 aromatic heterocycles. The van der Waals surface area contributed by atoms with Crippen molar-refractivity contribution in [2.24, 2.45) is 0 Å². The summed E-state index contributed by atoms with van der Waals surface area (Å²) in [5.41, 5.74) is 0.990. The lowest BCUT2D eigenvalue weighted by atomic mass is 10.3. The van der Waals surface area contributed by atoms with E-state index in [0.29, 0.717) is 11.6 Å². The highest BCUT2D eigenvalue weighted by Gasteiger charge is 2.08. The molecule has 88 valence electrons. The number of rotatable bonds is 2. The zero-order chi connectivity index (χ0) is 12.4. The van der Waals surface area contributed by atoms with E-state index in [1.54, 1.807) is 12.3 Å². The van der Waals surface area contributed by atoms with Gasteiger partial charge in [-0.1, -0.05) is 11.6 Å². The number of pyridine rings is 1. The van der Waals surface area contributed by atoms with Crippen LogP contribution in [0.5, 0.6) is 11.6 Å². The SMILES string of the molecule is Cc1ccnc(Oc2ccc(Cl)c(F)c2)c1Br. The van der Waals surface area contributed by atoms with Gasteiger partial charge in [0, 0.05) is 12.3 Å². The third-order valence-electron chi connectivity index (χ3n) is 2.16. The number of benzene rings is 1. The summed E-state index contributed by atoms with van der Waals surface area (Å²) < 4.78 is 19.4. The monoisotopic (exact) mass is 315 g/mol. The van der Waals surface area contributed by atoms with Gasteiger partial charge in [-0.2, -0.15) is 0 Å². The van der Waals surface area contributed by atoms with E-state index in [1.807, 2.05) is 13.0 Å². The summed E-state index contributed by atoms with van der Waals surface area (Å²) in [4.78, 5) is 4.06. The highest BCUT2D eigenvalue weighted by molar-refractivity contribution is 9.10. The summed E-state index contributed by atoms with van der Waals surface area (Å²) in [5, 5.41) is 0.0635. The number of aryl methyl sites for hydroxylation is 1. The van der Waals surface area contributed by atoms with E-state index < -0.39 is 5.82 Å². The number of nitrogens with zero attached hydrogens (tertiary/aromatic N) is 1. The van der Waals surface area contributed by atoms with Crippen LogP contribution in [0.3, 0.4) is 0 Å². The van der Waals surface area contributed by atoms with Gasteiger partial charge in [-0.25, -0.2) is 9.37 Å². The number of halogens is 3. The summed E-state index contributed by atoms with van der Waals surface area (Å²) in [6, 6.07) is 6.09. The topological polar surface area (TPSA) is 22.1 Å². The number of aromatic nitrogens is 1. The van der Waals surface area contributed by atoms with Gasteiger partial charge < -0.3 is 4.74 Å². The van der Waals surface area contributed by atoms with Crippen molar-refractivity contribution in [2.45, 2.75) is 6.92 Å². The third-order valence-corrected chi connectivity index (χ3v) is 3.43. The summed E-state index contributed by atoms with van der Waals surface area (Å²) in [6.07, 6.45) is 1.63. The Labute approximate surface area is 112 Å². The molecule has 0 saturated heterocycles. The van der Waals surface area contributed by atoms with Crippen LogP contribution in [0.2, 0.25) is 5.02 Å². The minimum atomic E-state index is -0.520. The first-order valence-electron chi connectivity index (χ1n) is 4.82. The van der Waals surface area contributed by atoms with Crippen molar-refractivity contribution in [1.29, 1.82) is 0 Å². The van der Waals surface area contributed by atoms with E-state index in [1.165, 1.54) is 12.1 Å². The van der Waals surface area contributed by atoms with Crippen molar-refractivity contribution in [3.05, 3.63) is 51.3 Å². The van der Waals surface area contributed by atoms with Crippen molar-refractivity contribution < 1.29 is 9.13 Å². The van der Waals surface area contributed by atoms with E-state index in [0.717, 1.165) is 10.0 Å². The van der Waals surface area contributed by atoms with Crippen LogP contribution in [-0.4, -0.2) is 4.98 Å². The summed E-state index contributed by atoms with van der Waals surface area (Å²) in [7, 11) is 0. The van der Waals surface area contributed by atoms with Crippen LogP contribution >= 0.6 is 27.5 Å². The van der Waals surface area contributed by atoms with Crippen LogP contribution in [0, 0.1) is 12.7 Å². The molecule has 17 heavy (non-hydrogen) atoms. The van der Waals surface area contributed by atoms with Gasteiger partial charge in [0.2, 0.25) is 5.88 Å². The predicted molar refractivity (Wildman–Crippen MR) is 68.2 cm³/mol. The smallest absolute Gasteiger partial charge is 0.233 e. The van der Waals surface area contributed by atoms with Crippen molar-refractivity contribution in [3.63, 3.8) is 0 Å². The zero-order valence-electron chi connectivity index (χ0n) is 8.88. The summed E-state index contributed by atoms with van der Waals surface area (Å²) in [5.74, 6) is 0.227. The van der Waals surface area contributed by atoms with Crippen molar-refractivity contribution in [1.82, 2.24) is 4.98 Å². The maximum atomic E-state index is 13.2. The first kappa shape index (κ1) is 12.3. The second kappa shape index (κ2) is 5.02. The molecule has 2 aromatic rings. The Morgan fingerprint density at radius 2 is 2.12 bits per heavy atom. The van der Waals surface area contributed by atoms with Gasteiger partial charge in [0.1, 0.15) is 11.6 Å². The minimum absolute atomic E-state index is 0.0635. The average molecular weight is 317 g/mol. The normalized spacial score (nSPS) is 10.4. The lowest BCUT2D eigenvalue weighted by Gasteiger charge is -2.08. The lowest BCUT2D eigenvalue weighted by molar-refractivity contribution is 0.454. The number of hydrogen-bond acceptors (Lipinski definition) is 2. The molecular weight excluding hydrogens is 308 g/mol. The van der Waals surface area contributed by atoms with Gasteiger partial charge in [-0.05, 0) is 46.6 Å². The lowest BCUT2D eigenvalue weighted by Crippen LogP contribution is -1.91. The van der Waals surface area contributed by atoms with Crippen LogP contribution < -0.4 is 4.74 Å². The Kier molecular flexibility index (Phi) is 3.64. The molecule has 0 atom stereocenters. The molecular formula is C12H8BrClFNO. The molecule has 0 aliphatic rings. The Morgan fingerprint density at radius 3 is 2.82 bits per heavy atom. The minimum Gasteiger partial charge on any atom is -0.438 e. The predicted octanol–water partition coefficient (Wildman–Crippen LogP) is 4.74. The molecule has 0 spiro atoms. The van der Waals surface area contributed by atoms with Gasteiger partial charge in [-0.3, -0.25) is 0 Å². The van der Waals surface area contributed by atoms with Crippen molar-refractivity contribution in [2.75, 3.05) is 0 Å². The molecule has 1 heterocycles. The molecule has 0 aliphatic heterocycles. The highest BCUT2D eigenvalue weighted by atomic mass is 79.9. The van der Waals surface area contributed by atoms with Gasteiger partial charge in [0.15, 0.2) is 0 Å². The molecule has 0 N–H and O–H groups in total. The third kappa shape index (κ3) is 2.76. The molecule has 2 nitrogen and oxygen atoms in total. The molecule has 0 saturated carbocycles. The summed E-state index contributed by atoms with van der Waals surface area (Å²) in [6.45, 7) is 1.92. The number of hydrogen-bond donors (Lipinski definition) is 0. The fourth-order valence-electron chi connectivity index (χ4n) is 1.24. The van der Waals surface area contributed by atoms with E-state index in [9.17, 15) is 4.39 Å². The first-order chi connectivity index (χ1) is 8.08. The molecule has 0 fully saturated rings. The molecule has 0 radical (unpaired) electrons. The molecule has 1 aromatic carbocycles. The second-order valence-corrected chi connectivity index (χ2v) is 4.63. The molecule has 0 aliphatic carbocycles. The standard InChI is InChI=1S/C12H8BrClFNO/c1-7-4-5-16-12(11(7)13)17-8-2-3-9(14)10(15)6-8/h2-6H,1H3. The zero-order valence-corrected chi connectivity index (χ0v) is 11.2.